The van der Waals surface area contributed by atoms with Crippen LogP contribution in [0.1, 0.15) is 0 Å². The van der Waals surface area contributed by atoms with Gasteiger partial charge in [0.1, 0.15) is 17.6 Å². The molecule has 0 aliphatic carbocycles. The number of phenols is 4. The highest BCUT2D eigenvalue weighted by atomic mass is 16.3. The van der Waals surface area contributed by atoms with Crippen molar-refractivity contribution in [2.24, 2.45) is 0 Å². The lowest BCUT2D eigenvalue weighted by Gasteiger charge is -2.44. The molecule has 29 heavy (non-hydrogen) atoms. The van der Waals surface area contributed by atoms with Gasteiger partial charge in [0.2, 0.25) is 0 Å². The van der Waals surface area contributed by atoms with Crippen molar-refractivity contribution in [3.63, 3.8) is 0 Å². The van der Waals surface area contributed by atoms with Gasteiger partial charge in [-0.1, -0.05) is 72.8 Å². The molecule has 4 aromatic carbocycles. The molecule has 0 amide bonds. The van der Waals surface area contributed by atoms with E-state index in [-0.39, 0.29) is 23.0 Å². The molecule has 4 N–H and O–H groups in total. The molecule has 0 saturated heterocycles. The minimum absolute atomic E-state index is 0.0491. The average Bonchev–Trinajstić information content (AvgIpc) is 2.72. The molecule has 0 fully saturated rings. The SMILES string of the molecule is Oc1ccc([B-](c2ccccc2)(c2ccccc2)c2ccc(O)cc2O)c(O)c1. The third kappa shape index (κ3) is 3.07. The van der Waals surface area contributed by atoms with Gasteiger partial charge in [-0.3, -0.25) is 0 Å². The summed E-state index contributed by atoms with van der Waals surface area (Å²) in [5.41, 5.74) is 2.86. The van der Waals surface area contributed by atoms with Gasteiger partial charge < -0.3 is 20.4 Å². The number of hydrogen-bond donors (Lipinski definition) is 4. The molecule has 0 spiro atoms. The number of hydrogen-bond acceptors (Lipinski definition) is 4. The Morgan fingerprint density at radius 1 is 0.448 bits per heavy atom. The van der Waals surface area contributed by atoms with Crippen molar-refractivity contribution in [1.29, 1.82) is 0 Å². The van der Waals surface area contributed by atoms with Crippen LogP contribution in [0.3, 0.4) is 0 Å². The molecule has 0 aliphatic heterocycles. The second-order valence-corrected chi connectivity index (χ2v) is 7.17. The van der Waals surface area contributed by atoms with Crippen LogP contribution in [0, 0.1) is 0 Å². The standard InChI is InChI=1S/C24H20BO4/c26-19-11-13-21(23(28)15-19)25(17-7-3-1-4-8-17,18-9-5-2-6-10-18)22-14-12-20(27)16-24(22)29/h1-16,26-29H/q-1. The van der Waals surface area contributed by atoms with Gasteiger partial charge in [-0.2, -0.15) is 21.9 Å². The minimum atomic E-state index is -2.02. The van der Waals surface area contributed by atoms with Gasteiger partial charge in [-0.05, 0) is 12.1 Å². The van der Waals surface area contributed by atoms with E-state index < -0.39 is 6.15 Å². The van der Waals surface area contributed by atoms with E-state index in [4.69, 9.17) is 0 Å². The first-order valence-electron chi connectivity index (χ1n) is 9.35. The smallest absolute Gasteiger partial charge is 0.119 e. The fourth-order valence-corrected chi connectivity index (χ4v) is 4.36. The second-order valence-electron chi connectivity index (χ2n) is 7.17. The molecular formula is C24H20BO4-. The highest BCUT2D eigenvalue weighted by molar-refractivity contribution is 7.20. The van der Waals surface area contributed by atoms with Crippen LogP contribution >= 0.6 is 0 Å². The lowest BCUT2D eigenvalue weighted by Crippen LogP contribution is -2.74. The molecule has 0 bridgehead atoms. The first-order chi connectivity index (χ1) is 14.0. The summed E-state index contributed by atoms with van der Waals surface area (Å²) < 4.78 is 0. The number of benzene rings is 4. The Morgan fingerprint density at radius 2 is 0.828 bits per heavy atom. The quantitative estimate of drug-likeness (QED) is 0.406. The summed E-state index contributed by atoms with van der Waals surface area (Å²) in [5.74, 6) is -0.255. The maximum absolute atomic E-state index is 10.9. The molecule has 5 heteroatoms. The molecule has 0 radical (unpaired) electrons. The van der Waals surface area contributed by atoms with Crippen LogP contribution in [-0.2, 0) is 0 Å². The molecule has 0 saturated carbocycles. The molecule has 0 aromatic heterocycles. The van der Waals surface area contributed by atoms with Crippen molar-refractivity contribution in [3.05, 3.63) is 97.1 Å². The second kappa shape index (κ2) is 7.28. The van der Waals surface area contributed by atoms with E-state index in [1.807, 2.05) is 60.7 Å². The summed E-state index contributed by atoms with van der Waals surface area (Å²) in [5, 5.41) is 41.5. The van der Waals surface area contributed by atoms with E-state index >= 15 is 0 Å². The van der Waals surface area contributed by atoms with Crippen molar-refractivity contribution >= 4 is 28.0 Å². The first-order valence-corrected chi connectivity index (χ1v) is 9.35. The van der Waals surface area contributed by atoms with Crippen molar-refractivity contribution < 1.29 is 20.4 Å². The van der Waals surface area contributed by atoms with Gasteiger partial charge in [0.05, 0.1) is 11.5 Å². The van der Waals surface area contributed by atoms with Gasteiger partial charge >= 0.3 is 0 Å². The number of aromatic hydroxyl groups is 4. The molecule has 0 unspecified atom stereocenters. The number of phenolic OH excluding ortho intramolecular Hbond substituents is 4. The average molecular weight is 383 g/mol. The lowest BCUT2D eigenvalue weighted by molar-refractivity contribution is 0.453. The molecule has 4 nitrogen and oxygen atoms in total. The Bertz CT molecular complexity index is 1050. The summed E-state index contributed by atoms with van der Waals surface area (Å²) in [6, 6.07) is 28.2. The normalized spacial score (nSPS) is 11.3. The Balaban J connectivity index is 2.20. The van der Waals surface area contributed by atoms with Crippen LogP contribution in [0.25, 0.3) is 0 Å². The molecule has 0 atom stereocenters. The molecule has 0 heterocycles. The van der Waals surface area contributed by atoms with Gasteiger partial charge in [-0.15, -0.1) is 0 Å². The Kier molecular flexibility index (Phi) is 4.65. The predicted molar refractivity (Wildman–Crippen MR) is 117 cm³/mol. The zero-order valence-electron chi connectivity index (χ0n) is 15.6. The minimum Gasteiger partial charge on any atom is -0.511 e. The molecule has 0 aliphatic rings. The van der Waals surface area contributed by atoms with Crippen LogP contribution in [-0.4, -0.2) is 26.6 Å². The zero-order valence-corrected chi connectivity index (χ0v) is 15.6. The highest BCUT2D eigenvalue weighted by Crippen LogP contribution is 2.24. The summed E-state index contributed by atoms with van der Waals surface area (Å²) in [4.78, 5) is 0. The molecule has 144 valence electrons. The zero-order chi connectivity index (χ0) is 20.4. The van der Waals surface area contributed by atoms with E-state index in [9.17, 15) is 20.4 Å². The van der Waals surface area contributed by atoms with Crippen LogP contribution in [0.15, 0.2) is 97.1 Å². The van der Waals surface area contributed by atoms with Crippen molar-refractivity contribution in [1.82, 2.24) is 0 Å². The predicted octanol–water partition coefficient (Wildman–Crippen LogP) is 1.89. The summed E-state index contributed by atoms with van der Waals surface area (Å²) >= 11 is 0. The van der Waals surface area contributed by atoms with Crippen LogP contribution in [0.4, 0.5) is 0 Å². The Morgan fingerprint density at radius 3 is 1.17 bits per heavy atom. The number of rotatable bonds is 4. The van der Waals surface area contributed by atoms with Gasteiger partial charge in [-0.25, -0.2) is 0 Å². The molecule has 4 rings (SSSR count). The Labute approximate surface area is 168 Å². The summed E-state index contributed by atoms with van der Waals surface area (Å²) in [6.07, 6.45) is -2.02. The van der Waals surface area contributed by atoms with E-state index in [1.165, 1.54) is 24.3 Å². The van der Waals surface area contributed by atoms with Gasteiger partial charge in [0, 0.05) is 12.1 Å². The summed E-state index contributed by atoms with van der Waals surface area (Å²) in [6.45, 7) is 0. The van der Waals surface area contributed by atoms with E-state index in [0.717, 1.165) is 10.9 Å². The summed E-state index contributed by atoms with van der Waals surface area (Å²) in [7, 11) is 0. The van der Waals surface area contributed by atoms with Crippen molar-refractivity contribution in [2.45, 2.75) is 0 Å². The molecule has 4 aromatic rings. The molecular weight excluding hydrogens is 363 g/mol. The van der Waals surface area contributed by atoms with E-state index in [0.29, 0.717) is 10.9 Å². The monoisotopic (exact) mass is 383 g/mol. The lowest BCUT2D eigenvalue weighted by atomic mass is 9.12. The van der Waals surface area contributed by atoms with Crippen molar-refractivity contribution in [2.75, 3.05) is 0 Å². The maximum Gasteiger partial charge on any atom is 0.119 e. The van der Waals surface area contributed by atoms with E-state index in [1.54, 1.807) is 12.1 Å². The topological polar surface area (TPSA) is 80.9 Å². The van der Waals surface area contributed by atoms with Gasteiger partial charge in [0.15, 0.2) is 0 Å². The fraction of sp³-hybridized carbons (Fsp3) is 0. The third-order valence-electron chi connectivity index (χ3n) is 5.56. The Hall–Kier alpha value is -3.86. The fourth-order valence-electron chi connectivity index (χ4n) is 4.36. The first kappa shape index (κ1) is 18.5. The van der Waals surface area contributed by atoms with Crippen LogP contribution in [0.2, 0.25) is 0 Å². The van der Waals surface area contributed by atoms with Crippen molar-refractivity contribution in [3.8, 4) is 23.0 Å². The third-order valence-corrected chi connectivity index (χ3v) is 5.56. The maximum atomic E-state index is 10.9. The van der Waals surface area contributed by atoms with E-state index in [2.05, 4.69) is 0 Å². The van der Waals surface area contributed by atoms with Crippen LogP contribution < -0.4 is 21.9 Å². The van der Waals surface area contributed by atoms with Gasteiger partial charge in [0.25, 0.3) is 0 Å². The highest BCUT2D eigenvalue weighted by Gasteiger charge is 2.35. The van der Waals surface area contributed by atoms with Crippen LogP contribution in [0.5, 0.6) is 23.0 Å². The largest absolute Gasteiger partial charge is 0.511 e.